The number of esters is 1. The molecular formula is C16H18ClFN2O3S2. The number of hydrogen-bond acceptors (Lipinski definition) is 5. The zero-order chi connectivity index (χ0) is 18.4. The topological polar surface area (TPSA) is 58.6 Å². The number of hydrogen-bond donors (Lipinski definition) is 1. The van der Waals surface area contributed by atoms with Crippen LogP contribution >= 0.6 is 35.6 Å². The van der Waals surface area contributed by atoms with E-state index in [1.165, 1.54) is 30.8 Å². The molecular weight excluding hydrogens is 387 g/mol. The van der Waals surface area contributed by atoms with Gasteiger partial charge in [-0.05, 0) is 38.0 Å². The lowest BCUT2D eigenvalue weighted by Crippen LogP contribution is -2.31. The third-order valence-corrected chi connectivity index (χ3v) is 5.33. The van der Waals surface area contributed by atoms with E-state index in [0.29, 0.717) is 10.0 Å². The Morgan fingerprint density at radius 3 is 2.76 bits per heavy atom. The van der Waals surface area contributed by atoms with Crippen molar-refractivity contribution >= 4 is 57.5 Å². The molecule has 0 saturated carbocycles. The van der Waals surface area contributed by atoms with Crippen LogP contribution in [0.5, 0.6) is 0 Å². The van der Waals surface area contributed by atoms with Crippen molar-refractivity contribution in [1.82, 2.24) is 4.90 Å². The minimum atomic E-state index is -0.989. The molecule has 1 heterocycles. The molecule has 1 aromatic carbocycles. The monoisotopic (exact) mass is 404 g/mol. The van der Waals surface area contributed by atoms with Crippen LogP contribution in [0.4, 0.5) is 10.1 Å². The molecule has 2 rings (SSSR count). The molecule has 1 aliphatic heterocycles. The number of likely N-dealkylation sites (tertiary alicyclic amines) is 1. The minimum absolute atomic E-state index is 0.0509. The van der Waals surface area contributed by atoms with E-state index >= 15 is 0 Å². The van der Waals surface area contributed by atoms with Crippen molar-refractivity contribution in [3.05, 3.63) is 29.0 Å². The summed E-state index contributed by atoms with van der Waals surface area (Å²) in [5.41, 5.74) is 0.323. The molecule has 1 fully saturated rings. The number of nitrogens with one attached hydrogen (secondary N) is 1. The molecule has 136 valence electrons. The number of halogens is 2. The van der Waals surface area contributed by atoms with Crippen molar-refractivity contribution < 1.29 is 18.7 Å². The van der Waals surface area contributed by atoms with Gasteiger partial charge in [0.1, 0.15) is 10.1 Å². The fourth-order valence-electron chi connectivity index (χ4n) is 2.21. The van der Waals surface area contributed by atoms with Crippen molar-refractivity contribution in [2.45, 2.75) is 25.9 Å². The van der Waals surface area contributed by atoms with Crippen molar-refractivity contribution in [3.63, 3.8) is 0 Å². The van der Waals surface area contributed by atoms with Crippen molar-refractivity contribution in [3.8, 4) is 0 Å². The fraction of sp³-hybridized carbons (Fsp3) is 0.438. The Balaban J connectivity index is 1.76. The maximum Gasteiger partial charge on any atom is 0.317 e. The Morgan fingerprint density at radius 2 is 2.12 bits per heavy atom. The van der Waals surface area contributed by atoms with Gasteiger partial charge in [0, 0.05) is 18.8 Å². The summed E-state index contributed by atoms with van der Waals surface area (Å²) < 4.78 is 18.9. The Labute approximate surface area is 160 Å². The summed E-state index contributed by atoms with van der Waals surface area (Å²) in [6, 6.07) is 3.80. The summed E-state index contributed by atoms with van der Waals surface area (Å²) >= 11 is 12.2. The normalized spacial score (nSPS) is 14.9. The van der Waals surface area contributed by atoms with Gasteiger partial charge in [-0.3, -0.25) is 9.59 Å². The predicted molar refractivity (Wildman–Crippen MR) is 101 cm³/mol. The zero-order valence-electron chi connectivity index (χ0n) is 13.6. The molecule has 0 aromatic heterocycles. The quantitative estimate of drug-likeness (QED) is 0.599. The van der Waals surface area contributed by atoms with E-state index < -0.39 is 23.8 Å². The standard InChI is InChI=1S/C16H18ClFN2O3S2/c1-10(15(22)19-11-4-5-13(18)12(17)8-11)23-14(21)9-25-16(24)20-6-2-3-7-20/h4-5,8,10H,2-3,6-7,9H2,1H3,(H,19,22)/t10-/m0/s1. The molecule has 1 saturated heterocycles. The van der Waals surface area contributed by atoms with Crippen molar-refractivity contribution in [1.29, 1.82) is 0 Å². The number of thiocarbonyl (C=S) groups is 1. The summed E-state index contributed by atoms with van der Waals surface area (Å²) in [4.78, 5) is 25.9. The zero-order valence-corrected chi connectivity index (χ0v) is 16.0. The van der Waals surface area contributed by atoms with Crippen LogP contribution in [-0.2, 0) is 14.3 Å². The van der Waals surface area contributed by atoms with E-state index in [-0.39, 0.29) is 10.8 Å². The van der Waals surface area contributed by atoms with E-state index in [9.17, 15) is 14.0 Å². The van der Waals surface area contributed by atoms with Gasteiger partial charge in [0.15, 0.2) is 6.10 Å². The summed E-state index contributed by atoms with van der Waals surface area (Å²) in [6.07, 6.45) is 1.23. The van der Waals surface area contributed by atoms with E-state index in [4.69, 9.17) is 28.6 Å². The number of benzene rings is 1. The van der Waals surface area contributed by atoms with E-state index in [1.807, 2.05) is 0 Å². The van der Waals surface area contributed by atoms with Gasteiger partial charge in [0.25, 0.3) is 5.91 Å². The van der Waals surface area contributed by atoms with Gasteiger partial charge in [-0.2, -0.15) is 0 Å². The van der Waals surface area contributed by atoms with Gasteiger partial charge in [0.05, 0.1) is 10.8 Å². The number of carbonyl (C=O) groups excluding carboxylic acids is 2. The molecule has 5 nitrogen and oxygen atoms in total. The van der Waals surface area contributed by atoms with Gasteiger partial charge in [0.2, 0.25) is 0 Å². The Bertz CT molecular complexity index is 669. The first-order chi connectivity index (χ1) is 11.9. The first-order valence-electron chi connectivity index (χ1n) is 7.74. The number of anilines is 1. The van der Waals surface area contributed by atoms with E-state index in [2.05, 4.69) is 10.2 Å². The Hall–Kier alpha value is -1.38. The van der Waals surface area contributed by atoms with Crippen molar-refractivity contribution in [2.75, 3.05) is 24.2 Å². The lowest BCUT2D eigenvalue weighted by molar-refractivity contribution is -0.150. The highest BCUT2D eigenvalue weighted by Crippen LogP contribution is 2.20. The Kier molecular flexibility index (Phi) is 7.46. The highest BCUT2D eigenvalue weighted by Gasteiger charge is 2.20. The molecule has 1 aromatic rings. The van der Waals surface area contributed by atoms with Crippen LogP contribution in [0.3, 0.4) is 0 Å². The van der Waals surface area contributed by atoms with Crippen LogP contribution in [0, 0.1) is 5.82 Å². The fourth-order valence-corrected chi connectivity index (χ4v) is 3.43. The van der Waals surface area contributed by atoms with Crippen molar-refractivity contribution in [2.24, 2.45) is 0 Å². The van der Waals surface area contributed by atoms with Crippen LogP contribution in [0.15, 0.2) is 18.2 Å². The first kappa shape index (κ1) is 19.9. The van der Waals surface area contributed by atoms with Crippen LogP contribution in [-0.4, -0.2) is 46.0 Å². The molecule has 1 amide bonds. The van der Waals surface area contributed by atoms with Crippen LogP contribution < -0.4 is 5.32 Å². The number of ether oxygens (including phenoxy) is 1. The maximum atomic E-state index is 13.1. The second-order valence-corrected chi connectivity index (χ2v) is 7.52. The van der Waals surface area contributed by atoms with E-state index in [1.54, 1.807) is 0 Å². The van der Waals surface area contributed by atoms with Gasteiger partial charge >= 0.3 is 5.97 Å². The van der Waals surface area contributed by atoms with Gasteiger partial charge < -0.3 is 15.0 Å². The summed E-state index contributed by atoms with van der Waals surface area (Å²) in [5, 5.41) is 2.41. The summed E-state index contributed by atoms with van der Waals surface area (Å²) in [5.74, 6) is -1.57. The van der Waals surface area contributed by atoms with Crippen LogP contribution in [0.2, 0.25) is 5.02 Å². The van der Waals surface area contributed by atoms with E-state index in [0.717, 1.165) is 32.0 Å². The Morgan fingerprint density at radius 1 is 1.44 bits per heavy atom. The number of rotatable bonds is 5. The average molecular weight is 405 g/mol. The maximum absolute atomic E-state index is 13.1. The molecule has 0 aliphatic carbocycles. The molecule has 1 N–H and O–H groups in total. The van der Waals surface area contributed by atoms with Gasteiger partial charge in [-0.15, -0.1) is 0 Å². The largest absolute Gasteiger partial charge is 0.452 e. The number of thioether (sulfide) groups is 1. The highest BCUT2D eigenvalue weighted by atomic mass is 35.5. The summed E-state index contributed by atoms with van der Waals surface area (Å²) in [7, 11) is 0. The highest BCUT2D eigenvalue weighted by molar-refractivity contribution is 8.23. The number of amides is 1. The first-order valence-corrected chi connectivity index (χ1v) is 9.51. The minimum Gasteiger partial charge on any atom is -0.452 e. The second-order valence-electron chi connectivity index (χ2n) is 5.50. The van der Waals surface area contributed by atoms with Crippen LogP contribution in [0.1, 0.15) is 19.8 Å². The molecule has 25 heavy (non-hydrogen) atoms. The molecule has 0 bridgehead atoms. The summed E-state index contributed by atoms with van der Waals surface area (Å²) in [6.45, 7) is 3.29. The molecule has 9 heteroatoms. The second kappa shape index (κ2) is 9.35. The molecule has 1 aliphatic rings. The van der Waals surface area contributed by atoms with Gasteiger partial charge in [-0.1, -0.05) is 35.6 Å². The number of nitrogens with zero attached hydrogens (tertiary/aromatic N) is 1. The average Bonchev–Trinajstić information content (AvgIpc) is 3.10. The third-order valence-electron chi connectivity index (χ3n) is 3.54. The lowest BCUT2D eigenvalue weighted by Gasteiger charge is -2.18. The third kappa shape index (κ3) is 6.13. The lowest BCUT2D eigenvalue weighted by atomic mass is 10.3. The molecule has 1 atom stereocenters. The van der Waals surface area contributed by atoms with Gasteiger partial charge in [-0.25, -0.2) is 4.39 Å². The molecule has 0 radical (unpaired) electrons. The predicted octanol–water partition coefficient (Wildman–Crippen LogP) is 3.46. The smallest absolute Gasteiger partial charge is 0.317 e. The van der Waals surface area contributed by atoms with Crippen LogP contribution in [0.25, 0.3) is 0 Å². The SMILES string of the molecule is C[C@H](OC(=O)CSC(=S)N1CCCC1)C(=O)Nc1ccc(F)c(Cl)c1. The molecule has 0 spiro atoms. The number of carbonyl (C=O) groups is 2. The molecule has 0 unspecified atom stereocenters.